The monoisotopic (exact) mass is 365 g/mol. The Labute approximate surface area is 163 Å². The lowest BCUT2D eigenvalue weighted by atomic mass is 9.94. The van der Waals surface area contributed by atoms with E-state index in [2.05, 4.69) is 47.4 Å². The number of amides is 1. The van der Waals surface area contributed by atoms with E-state index in [1.165, 1.54) is 11.1 Å². The molecular weight excluding hydrogens is 334 g/mol. The fourth-order valence-corrected chi connectivity index (χ4v) is 3.83. The lowest BCUT2D eigenvalue weighted by Gasteiger charge is -2.34. The summed E-state index contributed by atoms with van der Waals surface area (Å²) < 4.78 is 0. The number of nitrogens with zero attached hydrogens (tertiary/aromatic N) is 2. The van der Waals surface area contributed by atoms with Gasteiger partial charge >= 0.3 is 0 Å². The first-order chi connectivity index (χ1) is 13.3. The van der Waals surface area contributed by atoms with E-state index in [0.717, 1.165) is 45.4 Å². The van der Waals surface area contributed by atoms with E-state index in [9.17, 15) is 4.79 Å². The summed E-state index contributed by atoms with van der Waals surface area (Å²) in [5.41, 5.74) is 8.38. The van der Waals surface area contributed by atoms with Crippen LogP contribution in [0.4, 0.5) is 0 Å². The van der Waals surface area contributed by atoms with E-state index in [1.54, 1.807) is 0 Å². The maximum absolute atomic E-state index is 13.0. The first-order valence-corrected chi connectivity index (χ1v) is 10.1. The molecule has 0 spiro atoms. The third-order valence-corrected chi connectivity index (χ3v) is 5.41. The highest BCUT2D eigenvalue weighted by atomic mass is 16.2. The molecule has 3 rings (SSSR count). The van der Waals surface area contributed by atoms with Crippen LogP contribution >= 0.6 is 0 Å². The van der Waals surface area contributed by atoms with Gasteiger partial charge in [0.25, 0.3) is 0 Å². The molecule has 4 nitrogen and oxygen atoms in total. The number of piperidine rings is 1. The lowest BCUT2D eigenvalue weighted by Crippen LogP contribution is -2.44. The largest absolute Gasteiger partial charge is 0.341 e. The highest BCUT2D eigenvalue weighted by Crippen LogP contribution is 2.21. The van der Waals surface area contributed by atoms with E-state index < -0.39 is 0 Å². The molecule has 0 aliphatic carbocycles. The average molecular weight is 366 g/mol. The fourth-order valence-electron chi connectivity index (χ4n) is 3.83. The molecule has 144 valence electrons. The van der Waals surface area contributed by atoms with Gasteiger partial charge in [-0.1, -0.05) is 60.7 Å². The number of nitrogens with two attached hydrogens (primary N) is 1. The predicted molar refractivity (Wildman–Crippen MR) is 110 cm³/mol. The molecule has 0 radical (unpaired) electrons. The van der Waals surface area contributed by atoms with Crippen LogP contribution in [-0.2, 0) is 17.8 Å². The SMILES string of the molecule is NCCN(CCc1ccccc1)C(=O)C1CCN(Cc2ccccc2)CC1. The van der Waals surface area contributed by atoms with Crippen molar-refractivity contribution in [2.75, 3.05) is 32.7 Å². The van der Waals surface area contributed by atoms with E-state index in [4.69, 9.17) is 5.73 Å². The average Bonchev–Trinajstić information content (AvgIpc) is 2.73. The zero-order valence-corrected chi connectivity index (χ0v) is 16.1. The highest BCUT2D eigenvalue weighted by Gasteiger charge is 2.28. The number of hydrogen-bond donors (Lipinski definition) is 1. The molecule has 0 saturated carbocycles. The van der Waals surface area contributed by atoms with E-state index in [-0.39, 0.29) is 11.8 Å². The zero-order valence-electron chi connectivity index (χ0n) is 16.1. The molecule has 27 heavy (non-hydrogen) atoms. The van der Waals surface area contributed by atoms with Crippen molar-refractivity contribution < 1.29 is 4.79 Å². The van der Waals surface area contributed by atoms with Gasteiger partial charge < -0.3 is 10.6 Å². The molecule has 1 aliphatic rings. The predicted octanol–water partition coefficient (Wildman–Crippen LogP) is 2.93. The number of likely N-dealkylation sites (tertiary alicyclic amines) is 1. The van der Waals surface area contributed by atoms with E-state index in [1.807, 2.05) is 23.1 Å². The van der Waals surface area contributed by atoms with Gasteiger partial charge in [0.05, 0.1) is 0 Å². The normalized spacial score (nSPS) is 15.6. The van der Waals surface area contributed by atoms with Crippen molar-refractivity contribution in [1.82, 2.24) is 9.80 Å². The van der Waals surface area contributed by atoms with Gasteiger partial charge in [0.1, 0.15) is 0 Å². The van der Waals surface area contributed by atoms with Gasteiger partial charge in [-0.25, -0.2) is 0 Å². The van der Waals surface area contributed by atoms with Gasteiger partial charge in [0.2, 0.25) is 5.91 Å². The van der Waals surface area contributed by atoms with Gasteiger partial charge in [0.15, 0.2) is 0 Å². The van der Waals surface area contributed by atoms with Gasteiger partial charge in [0, 0.05) is 32.1 Å². The Kier molecular flexibility index (Phi) is 7.43. The van der Waals surface area contributed by atoms with Crippen molar-refractivity contribution in [2.45, 2.75) is 25.8 Å². The first kappa shape index (κ1) is 19.6. The Morgan fingerprint density at radius 2 is 1.52 bits per heavy atom. The van der Waals surface area contributed by atoms with Gasteiger partial charge in [-0.05, 0) is 43.5 Å². The van der Waals surface area contributed by atoms with Crippen molar-refractivity contribution in [1.29, 1.82) is 0 Å². The van der Waals surface area contributed by atoms with E-state index >= 15 is 0 Å². The summed E-state index contributed by atoms with van der Waals surface area (Å²) in [6.45, 7) is 4.87. The number of carbonyl (C=O) groups excluding carboxylic acids is 1. The standard InChI is InChI=1S/C23H31N3O/c24-14-18-26(17-11-20-7-3-1-4-8-20)23(27)22-12-15-25(16-13-22)19-21-9-5-2-6-10-21/h1-10,22H,11-19,24H2. The highest BCUT2D eigenvalue weighted by molar-refractivity contribution is 5.79. The van der Waals surface area contributed by atoms with Crippen molar-refractivity contribution in [3.05, 3.63) is 71.8 Å². The molecule has 2 N–H and O–H groups in total. The summed E-state index contributed by atoms with van der Waals surface area (Å²) in [4.78, 5) is 17.5. The summed E-state index contributed by atoms with van der Waals surface area (Å²) in [6.07, 6.45) is 2.77. The summed E-state index contributed by atoms with van der Waals surface area (Å²) in [5.74, 6) is 0.426. The van der Waals surface area contributed by atoms with Crippen molar-refractivity contribution in [3.8, 4) is 0 Å². The first-order valence-electron chi connectivity index (χ1n) is 10.1. The van der Waals surface area contributed by atoms with Crippen LogP contribution in [0.3, 0.4) is 0 Å². The summed E-state index contributed by atoms with van der Waals surface area (Å²) in [7, 11) is 0. The van der Waals surface area contributed by atoms with Gasteiger partial charge in [-0.3, -0.25) is 9.69 Å². The maximum atomic E-state index is 13.0. The molecule has 1 aliphatic heterocycles. The molecule has 1 saturated heterocycles. The molecular formula is C23H31N3O. The number of hydrogen-bond acceptors (Lipinski definition) is 3. The Morgan fingerprint density at radius 3 is 2.11 bits per heavy atom. The molecule has 0 aromatic heterocycles. The summed E-state index contributed by atoms with van der Waals surface area (Å²) in [5, 5.41) is 0. The van der Waals surface area contributed by atoms with Crippen LogP contribution < -0.4 is 5.73 Å². The minimum absolute atomic E-state index is 0.138. The molecule has 0 bridgehead atoms. The second kappa shape index (κ2) is 10.2. The van der Waals surface area contributed by atoms with Gasteiger partial charge in [-0.2, -0.15) is 0 Å². The fraction of sp³-hybridized carbons (Fsp3) is 0.435. The number of benzene rings is 2. The minimum Gasteiger partial charge on any atom is -0.341 e. The molecule has 0 atom stereocenters. The molecule has 1 amide bonds. The van der Waals surface area contributed by atoms with Crippen molar-refractivity contribution in [2.24, 2.45) is 11.7 Å². The smallest absolute Gasteiger partial charge is 0.225 e. The van der Waals surface area contributed by atoms with Crippen molar-refractivity contribution in [3.63, 3.8) is 0 Å². The molecule has 1 fully saturated rings. The third-order valence-electron chi connectivity index (χ3n) is 5.41. The second-order valence-corrected chi connectivity index (χ2v) is 7.39. The molecule has 2 aromatic carbocycles. The molecule has 4 heteroatoms. The minimum atomic E-state index is 0.138. The van der Waals surface area contributed by atoms with Crippen LogP contribution in [0, 0.1) is 5.92 Å². The van der Waals surface area contributed by atoms with Crippen LogP contribution in [0.25, 0.3) is 0 Å². The number of rotatable bonds is 8. The Bertz CT molecular complexity index is 681. The molecule has 2 aromatic rings. The van der Waals surface area contributed by atoms with Crippen LogP contribution in [0.2, 0.25) is 0 Å². The Morgan fingerprint density at radius 1 is 0.926 bits per heavy atom. The van der Waals surface area contributed by atoms with Crippen LogP contribution in [0.1, 0.15) is 24.0 Å². The third kappa shape index (κ3) is 5.91. The molecule has 0 unspecified atom stereocenters. The molecule has 1 heterocycles. The van der Waals surface area contributed by atoms with Crippen molar-refractivity contribution >= 4 is 5.91 Å². The zero-order chi connectivity index (χ0) is 18.9. The Hall–Kier alpha value is -2.17. The van der Waals surface area contributed by atoms with E-state index in [0.29, 0.717) is 13.1 Å². The maximum Gasteiger partial charge on any atom is 0.225 e. The lowest BCUT2D eigenvalue weighted by molar-refractivity contribution is -0.137. The van der Waals surface area contributed by atoms with Crippen LogP contribution in [0.5, 0.6) is 0 Å². The Balaban J connectivity index is 1.49. The summed E-state index contributed by atoms with van der Waals surface area (Å²) >= 11 is 0. The summed E-state index contributed by atoms with van der Waals surface area (Å²) in [6, 6.07) is 20.9. The second-order valence-electron chi connectivity index (χ2n) is 7.39. The quantitative estimate of drug-likeness (QED) is 0.782. The number of carbonyl (C=O) groups is 1. The van der Waals surface area contributed by atoms with Gasteiger partial charge in [-0.15, -0.1) is 0 Å². The van der Waals surface area contributed by atoms with Crippen LogP contribution in [-0.4, -0.2) is 48.4 Å². The van der Waals surface area contributed by atoms with Crippen LogP contribution in [0.15, 0.2) is 60.7 Å². The topological polar surface area (TPSA) is 49.6 Å².